The van der Waals surface area contributed by atoms with Crippen molar-refractivity contribution in [3.63, 3.8) is 0 Å². The van der Waals surface area contributed by atoms with Gasteiger partial charge in [-0.05, 0) is 69.9 Å². The van der Waals surface area contributed by atoms with E-state index < -0.39 is 0 Å². The van der Waals surface area contributed by atoms with Crippen LogP contribution in [-0.2, 0) is 32.9 Å². The summed E-state index contributed by atoms with van der Waals surface area (Å²) in [4.78, 5) is 13.3. The van der Waals surface area contributed by atoms with E-state index >= 15 is 0 Å². The van der Waals surface area contributed by atoms with Crippen LogP contribution in [0, 0.1) is 23.0 Å². The molecule has 0 bridgehead atoms. The van der Waals surface area contributed by atoms with Gasteiger partial charge in [-0.3, -0.25) is 4.98 Å². The van der Waals surface area contributed by atoms with Gasteiger partial charge in [-0.1, -0.05) is 107 Å². The maximum Gasteiger partial charge on any atom is 0.128 e. The molecule has 0 aliphatic heterocycles. The molecular weight excluding hydrogens is 815 g/mol. The van der Waals surface area contributed by atoms with Crippen LogP contribution in [0.2, 0.25) is 0 Å². The Bertz CT molecular complexity index is 2440. The van der Waals surface area contributed by atoms with E-state index in [1.807, 2.05) is 55.0 Å². The quantitative estimate of drug-likeness (QED) is 0.162. The van der Waals surface area contributed by atoms with E-state index in [-0.39, 0.29) is 25.5 Å². The first-order chi connectivity index (χ1) is 24.5. The number of furan rings is 1. The third-order valence-electron chi connectivity index (χ3n) is 8.80. The average Bonchev–Trinajstić information content (AvgIpc) is 3.51. The van der Waals surface area contributed by atoms with E-state index in [1.165, 1.54) is 22.3 Å². The molecule has 263 valence electrons. The zero-order valence-electron chi connectivity index (χ0n) is 30.6. The van der Waals surface area contributed by atoms with Crippen LogP contribution >= 0.6 is 0 Å². The molecule has 0 amide bonds. The molecule has 0 atom stereocenters. The van der Waals surface area contributed by atoms with Crippen LogP contribution in [-0.4, -0.2) is 15.0 Å². The standard InChI is InChI=1S/C25H21N2O.C22H22N.Ir/c1-25(2,3)14-16-9-12-27-22(13-16)21-6-4-5-19-20-8-7-17-15-26-11-10-18(17)23(20)28-24(19)21;1-22(2,3)16-17-9-11-18(12-10-17)20-13-14-23-21(15-20)19-7-5-4-6-8-19;/h4-5,7-13,15H,14H2,1-3H3;4-7,9-15H,16H2,1-3H3;/q2*-1;. The number of hydrogen-bond acceptors (Lipinski definition) is 4. The van der Waals surface area contributed by atoms with Crippen molar-refractivity contribution < 1.29 is 24.5 Å². The molecule has 5 heteroatoms. The molecule has 8 rings (SSSR count). The summed E-state index contributed by atoms with van der Waals surface area (Å²) in [6, 6.07) is 42.1. The largest absolute Gasteiger partial charge is 0.500 e. The van der Waals surface area contributed by atoms with E-state index in [0.717, 1.165) is 68.1 Å². The first-order valence-electron chi connectivity index (χ1n) is 17.6. The maximum absolute atomic E-state index is 6.39. The van der Waals surface area contributed by atoms with Gasteiger partial charge in [0.15, 0.2) is 0 Å². The molecule has 0 unspecified atom stereocenters. The molecule has 52 heavy (non-hydrogen) atoms. The Morgan fingerprint density at radius 2 is 1.31 bits per heavy atom. The van der Waals surface area contributed by atoms with Gasteiger partial charge in [0.05, 0.1) is 5.58 Å². The van der Waals surface area contributed by atoms with Crippen LogP contribution in [0.3, 0.4) is 0 Å². The van der Waals surface area contributed by atoms with Crippen molar-refractivity contribution in [2.75, 3.05) is 0 Å². The number of benzene rings is 4. The van der Waals surface area contributed by atoms with Crippen molar-refractivity contribution in [2.45, 2.75) is 54.4 Å². The third kappa shape index (κ3) is 8.56. The van der Waals surface area contributed by atoms with Gasteiger partial charge in [-0.15, -0.1) is 54.1 Å². The number of pyridine rings is 3. The Kier molecular flexibility index (Phi) is 10.9. The van der Waals surface area contributed by atoms with Gasteiger partial charge in [0, 0.05) is 61.1 Å². The zero-order chi connectivity index (χ0) is 35.6. The van der Waals surface area contributed by atoms with Gasteiger partial charge in [0.1, 0.15) is 5.58 Å². The van der Waals surface area contributed by atoms with E-state index in [2.05, 4.69) is 135 Å². The minimum atomic E-state index is 0. The predicted molar refractivity (Wildman–Crippen MR) is 211 cm³/mol. The summed E-state index contributed by atoms with van der Waals surface area (Å²) < 4.78 is 6.39. The summed E-state index contributed by atoms with van der Waals surface area (Å²) in [5, 5.41) is 4.34. The Hall–Kier alpha value is -4.96. The number of fused-ring (bicyclic) bond motifs is 5. The predicted octanol–water partition coefficient (Wildman–Crippen LogP) is 12.4. The third-order valence-corrected chi connectivity index (χ3v) is 8.80. The molecule has 0 fully saturated rings. The molecule has 0 saturated heterocycles. The van der Waals surface area contributed by atoms with Gasteiger partial charge >= 0.3 is 0 Å². The van der Waals surface area contributed by atoms with Gasteiger partial charge in [-0.2, -0.15) is 0 Å². The van der Waals surface area contributed by atoms with Crippen LogP contribution in [0.25, 0.3) is 66.4 Å². The van der Waals surface area contributed by atoms with Crippen molar-refractivity contribution in [3.8, 4) is 33.6 Å². The van der Waals surface area contributed by atoms with Gasteiger partial charge in [0.2, 0.25) is 0 Å². The Balaban J connectivity index is 0.000000179. The maximum atomic E-state index is 6.39. The number of rotatable bonds is 5. The van der Waals surface area contributed by atoms with Crippen molar-refractivity contribution >= 4 is 32.7 Å². The van der Waals surface area contributed by atoms with E-state index in [0.29, 0.717) is 5.41 Å². The van der Waals surface area contributed by atoms with Crippen LogP contribution in [0.4, 0.5) is 0 Å². The molecule has 8 aromatic rings. The Morgan fingerprint density at radius 3 is 2.06 bits per heavy atom. The van der Waals surface area contributed by atoms with E-state index in [4.69, 9.17) is 4.42 Å². The molecule has 0 aliphatic rings. The topological polar surface area (TPSA) is 51.8 Å². The second-order valence-electron chi connectivity index (χ2n) is 15.7. The van der Waals surface area contributed by atoms with E-state index in [9.17, 15) is 0 Å². The normalized spacial score (nSPS) is 11.7. The van der Waals surface area contributed by atoms with E-state index in [1.54, 1.807) is 6.20 Å². The molecule has 0 saturated carbocycles. The first-order valence-corrected chi connectivity index (χ1v) is 17.6. The van der Waals surface area contributed by atoms with Gasteiger partial charge in [-0.25, -0.2) is 0 Å². The number of nitrogens with zero attached hydrogens (tertiary/aromatic N) is 3. The van der Waals surface area contributed by atoms with Crippen molar-refractivity contribution in [1.82, 2.24) is 15.0 Å². The number of aromatic nitrogens is 3. The summed E-state index contributed by atoms with van der Waals surface area (Å²) in [6.45, 7) is 13.6. The fourth-order valence-corrected chi connectivity index (χ4v) is 6.63. The minimum Gasteiger partial charge on any atom is -0.500 e. The summed E-state index contributed by atoms with van der Waals surface area (Å²) in [5.74, 6) is 0. The molecule has 4 heterocycles. The molecule has 0 aliphatic carbocycles. The monoisotopic (exact) mass is 858 g/mol. The van der Waals surface area contributed by atoms with Gasteiger partial charge in [0.25, 0.3) is 0 Å². The van der Waals surface area contributed by atoms with Crippen LogP contribution < -0.4 is 0 Å². The summed E-state index contributed by atoms with van der Waals surface area (Å²) in [5.41, 5.74) is 11.1. The summed E-state index contributed by atoms with van der Waals surface area (Å²) in [6.07, 6.45) is 9.51. The molecule has 4 nitrogen and oxygen atoms in total. The second-order valence-corrected chi connectivity index (χ2v) is 15.7. The van der Waals surface area contributed by atoms with Crippen LogP contribution in [0.15, 0.2) is 132 Å². The summed E-state index contributed by atoms with van der Waals surface area (Å²) in [7, 11) is 0. The molecule has 1 radical (unpaired) electrons. The smallest absolute Gasteiger partial charge is 0.128 e. The SMILES string of the molecule is CC(C)(C)Cc1ccc(-c2ccnc(-c3[c-]cccc3)c2)cc1.CC(C)(C)Cc1ccnc(-c2[c-]ccc3c2oc2c4ccncc4ccc32)c1.[Ir]. The molecule has 4 aromatic heterocycles. The zero-order valence-corrected chi connectivity index (χ0v) is 33.0. The Labute approximate surface area is 320 Å². The van der Waals surface area contributed by atoms with Crippen molar-refractivity contribution in [1.29, 1.82) is 0 Å². The summed E-state index contributed by atoms with van der Waals surface area (Å²) >= 11 is 0. The average molecular weight is 858 g/mol. The van der Waals surface area contributed by atoms with Crippen LogP contribution in [0.5, 0.6) is 0 Å². The second kappa shape index (κ2) is 15.3. The Morgan fingerprint density at radius 1 is 0.577 bits per heavy atom. The van der Waals surface area contributed by atoms with Crippen LogP contribution in [0.1, 0.15) is 52.7 Å². The minimum absolute atomic E-state index is 0. The molecular formula is C47H43IrN3O-2. The van der Waals surface area contributed by atoms with Gasteiger partial charge < -0.3 is 14.4 Å². The fraction of sp³-hybridized carbons (Fsp3) is 0.213. The molecule has 0 N–H and O–H groups in total. The van der Waals surface area contributed by atoms with Crippen molar-refractivity contribution in [2.24, 2.45) is 10.8 Å². The first kappa shape index (κ1) is 36.8. The molecule has 0 spiro atoms. The molecule has 4 aromatic carbocycles. The fourth-order valence-electron chi connectivity index (χ4n) is 6.63. The number of hydrogen-bond donors (Lipinski definition) is 0. The van der Waals surface area contributed by atoms with Crippen molar-refractivity contribution in [3.05, 3.63) is 151 Å².